The molecule has 1 aliphatic heterocycles. The summed E-state index contributed by atoms with van der Waals surface area (Å²) in [5.41, 5.74) is 0.811. The van der Waals surface area contributed by atoms with E-state index in [9.17, 15) is 14.7 Å². The molecule has 0 aliphatic carbocycles. The van der Waals surface area contributed by atoms with Gasteiger partial charge in [0.05, 0.1) is 0 Å². The van der Waals surface area contributed by atoms with Crippen molar-refractivity contribution in [3.8, 4) is 0 Å². The number of rotatable bonds is 3. The minimum atomic E-state index is -1.36. The molecule has 0 N–H and O–H groups in total. The van der Waals surface area contributed by atoms with E-state index in [1.807, 2.05) is 18.2 Å². The van der Waals surface area contributed by atoms with Crippen LogP contribution in [0.2, 0.25) is 0 Å². The molecule has 1 aliphatic rings. The number of carbonyl (C=O) groups is 2. The Morgan fingerprint density at radius 3 is 2.56 bits per heavy atom. The van der Waals surface area contributed by atoms with E-state index < -0.39 is 18.1 Å². The van der Waals surface area contributed by atoms with Crippen molar-refractivity contribution >= 4 is 12.1 Å². The molecule has 0 spiro atoms. The zero-order valence-electron chi connectivity index (χ0n) is 8.46. The van der Waals surface area contributed by atoms with Gasteiger partial charge in [-0.3, -0.25) is 0 Å². The van der Waals surface area contributed by atoms with Crippen LogP contribution < -0.4 is 5.11 Å². The minimum Gasteiger partial charge on any atom is -0.530 e. The van der Waals surface area contributed by atoms with Gasteiger partial charge in [0, 0.05) is 6.54 Å². The zero-order chi connectivity index (χ0) is 11.5. The summed E-state index contributed by atoms with van der Waals surface area (Å²) >= 11 is 0. The van der Waals surface area contributed by atoms with Gasteiger partial charge in [-0.25, -0.2) is 4.79 Å². The van der Waals surface area contributed by atoms with Gasteiger partial charge in [-0.15, -0.1) is 0 Å². The van der Waals surface area contributed by atoms with Crippen LogP contribution >= 0.6 is 0 Å². The van der Waals surface area contributed by atoms with Crippen molar-refractivity contribution < 1.29 is 19.4 Å². The fourth-order valence-electron chi connectivity index (χ4n) is 1.53. The maximum atomic E-state index is 11.0. The molecule has 5 nitrogen and oxygen atoms in total. The number of carbonyl (C=O) groups excluding carboxylic acids is 2. The highest BCUT2D eigenvalue weighted by atomic mass is 16.6. The molecular formula is C11H10NO4-. The minimum absolute atomic E-state index is 0.111. The highest BCUT2D eigenvalue weighted by molar-refractivity contribution is 5.84. The Hall–Kier alpha value is -2.04. The summed E-state index contributed by atoms with van der Waals surface area (Å²) < 4.78 is 4.54. The van der Waals surface area contributed by atoms with Crippen LogP contribution in [0.15, 0.2) is 30.3 Å². The van der Waals surface area contributed by atoms with Crippen LogP contribution in [0, 0.1) is 0 Å². The number of benzene rings is 1. The average Bonchev–Trinajstić information content (AvgIpc) is 2.27. The third-order valence-electron chi connectivity index (χ3n) is 2.46. The highest BCUT2D eigenvalue weighted by Gasteiger charge is 2.36. The lowest BCUT2D eigenvalue weighted by atomic mass is 10.1. The normalized spacial score (nSPS) is 18.5. The first-order valence-electron chi connectivity index (χ1n) is 4.86. The van der Waals surface area contributed by atoms with Crippen LogP contribution in [0.1, 0.15) is 5.56 Å². The van der Waals surface area contributed by atoms with E-state index in [1.54, 1.807) is 12.1 Å². The molecule has 5 heteroatoms. The van der Waals surface area contributed by atoms with Crippen LogP contribution in [-0.2, 0) is 16.1 Å². The second-order valence-corrected chi connectivity index (χ2v) is 3.53. The third kappa shape index (κ3) is 1.98. The van der Waals surface area contributed by atoms with Gasteiger partial charge in [0.1, 0.15) is 12.7 Å². The Balaban J connectivity index is 2.09. The molecule has 1 heterocycles. The number of ether oxygens (including phenoxy) is 1. The molecule has 1 aromatic carbocycles. The largest absolute Gasteiger partial charge is 0.530 e. The lowest BCUT2D eigenvalue weighted by molar-refractivity contribution is -0.272. The lowest BCUT2D eigenvalue weighted by Gasteiger charge is -2.37. The van der Waals surface area contributed by atoms with E-state index in [2.05, 4.69) is 4.74 Å². The highest BCUT2D eigenvalue weighted by Crippen LogP contribution is 2.15. The van der Waals surface area contributed by atoms with Crippen molar-refractivity contribution in [3.63, 3.8) is 0 Å². The molecule has 1 amide bonds. The molecule has 1 fully saturated rings. The van der Waals surface area contributed by atoms with Crippen molar-refractivity contribution in [1.29, 1.82) is 0 Å². The quantitative estimate of drug-likeness (QED) is 0.659. The summed E-state index contributed by atoms with van der Waals surface area (Å²) in [5.74, 6) is -0.514. The van der Waals surface area contributed by atoms with Crippen LogP contribution in [-0.4, -0.2) is 29.6 Å². The van der Waals surface area contributed by atoms with Crippen LogP contribution in [0.3, 0.4) is 0 Å². The van der Waals surface area contributed by atoms with E-state index in [0.717, 1.165) is 10.5 Å². The number of nitrogens with zero attached hydrogens (tertiary/aromatic N) is 1. The molecule has 84 valence electrons. The molecule has 0 aromatic heterocycles. The summed E-state index contributed by atoms with van der Waals surface area (Å²) in [6.45, 7) is 0.253. The van der Waals surface area contributed by atoms with Gasteiger partial charge in [-0.05, 0) is 5.56 Å². The third-order valence-corrected chi connectivity index (χ3v) is 2.46. The van der Waals surface area contributed by atoms with E-state index >= 15 is 0 Å². The van der Waals surface area contributed by atoms with E-state index in [0.29, 0.717) is 0 Å². The van der Waals surface area contributed by atoms with E-state index in [4.69, 9.17) is 0 Å². The second kappa shape index (κ2) is 4.22. The summed E-state index contributed by atoms with van der Waals surface area (Å²) in [5, 5.41) is 10.9. The molecule has 1 atom stereocenters. The maximum absolute atomic E-state index is 11.0. The van der Waals surface area contributed by atoms with Crippen molar-refractivity contribution in [2.24, 2.45) is 0 Å². The van der Waals surface area contributed by atoms with Crippen molar-refractivity contribution in [2.75, 3.05) is 6.61 Å². The predicted octanol–water partition coefficient (Wildman–Crippen LogP) is -0.243. The molecular weight excluding hydrogens is 210 g/mol. The predicted molar refractivity (Wildman–Crippen MR) is 52.1 cm³/mol. The SMILES string of the molecule is O=C1OC[C@H]1N(Cc1ccccc1)C(=O)[O-]. The molecule has 1 saturated heterocycles. The number of hydrogen-bond donors (Lipinski definition) is 0. The van der Waals surface area contributed by atoms with Crippen molar-refractivity contribution in [2.45, 2.75) is 12.6 Å². The van der Waals surface area contributed by atoms with Gasteiger partial charge in [0.2, 0.25) is 0 Å². The first-order valence-corrected chi connectivity index (χ1v) is 4.86. The molecule has 16 heavy (non-hydrogen) atoms. The molecule has 1 aromatic rings. The van der Waals surface area contributed by atoms with Gasteiger partial charge in [0.25, 0.3) is 0 Å². The number of carboxylic acid groups (broad SMARTS) is 1. The van der Waals surface area contributed by atoms with Crippen molar-refractivity contribution in [3.05, 3.63) is 35.9 Å². The van der Waals surface area contributed by atoms with Crippen molar-refractivity contribution in [1.82, 2.24) is 4.90 Å². The Bertz CT molecular complexity index is 404. The Labute approximate surface area is 92.2 Å². The number of cyclic esters (lactones) is 1. The van der Waals surface area contributed by atoms with Gasteiger partial charge in [0.15, 0.2) is 6.04 Å². The molecule has 0 saturated carbocycles. The maximum Gasteiger partial charge on any atom is 0.332 e. The summed E-state index contributed by atoms with van der Waals surface area (Å²) in [4.78, 5) is 22.9. The van der Waals surface area contributed by atoms with E-state index in [1.165, 1.54) is 0 Å². The molecule has 0 unspecified atom stereocenters. The van der Waals surface area contributed by atoms with Gasteiger partial charge in [-0.2, -0.15) is 0 Å². The molecule has 2 rings (SSSR count). The number of esters is 1. The first-order chi connectivity index (χ1) is 7.68. The average molecular weight is 220 g/mol. The first kappa shape index (κ1) is 10.5. The fraction of sp³-hybridized carbons (Fsp3) is 0.273. The fourth-order valence-corrected chi connectivity index (χ4v) is 1.53. The summed E-state index contributed by atoms with van der Waals surface area (Å²) in [7, 11) is 0. The zero-order valence-corrected chi connectivity index (χ0v) is 8.46. The van der Waals surface area contributed by atoms with Crippen LogP contribution in [0.4, 0.5) is 4.79 Å². The van der Waals surface area contributed by atoms with Gasteiger partial charge < -0.3 is 19.5 Å². The Morgan fingerprint density at radius 2 is 2.12 bits per heavy atom. The standard InChI is InChI=1S/C11H11NO4/c13-10-9(7-16-10)12(11(14)15)6-8-4-2-1-3-5-8/h1-5,9H,6-7H2,(H,14,15)/p-1/t9-/m1/s1. The van der Waals surface area contributed by atoms with Crippen LogP contribution in [0.5, 0.6) is 0 Å². The Kier molecular flexibility index (Phi) is 2.76. The number of amides is 1. The summed E-state index contributed by atoms with van der Waals surface area (Å²) in [6.07, 6.45) is -1.36. The van der Waals surface area contributed by atoms with Crippen LogP contribution in [0.25, 0.3) is 0 Å². The summed E-state index contributed by atoms with van der Waals surface area (Å²) in [6, 6.07) is 8.32. The van der Waals surface area contributed by atoms with E-state index in [-0.39, 0.29) is 13.2 Å². The Morgan fingerprint density at radius 1 is 1.44 bits per heavy atom. The van der Waals surface area contributed by atoms with Gasteiger partial charge in [-0.1, -0.05) is 30.3 Å². The number of hydrogen-bond acceptors (Lipinski definition) is 4. The smallest absolute Gasteiger partial charge is 0.332 e. The molecule has 0 bridgehead atoms. The molecule has 0 radical (unpaired) electrons. The lowest BCUT2D eigenvalue weighted by Crippen LogP contribution is -2.58. The topological polar surface area (TPSA) is 69.7 Å². The second-order valence-electron chi connectivity index (χ2n) is 3.53. The van der Waals surface area contributed by atoms with Gasteiger partial charge >= 0.3 is 5.97 Å². The monoisotopic (exact) mass is 220 g/mol.